The van der Waals surface area contributed by atoms with Gasteiger partial charge in [-0.05, 0) is 29.8 Å². The molecule has 0 fully saturated rings. The quantitative estimate of drug-likeness (QED) is 0.818. The third-order valence-electron chi connectivity index (χ3n) is 2.10. The fourth-order valence-electron chi connectivity index (χ4n) is 1.44. The zero-order chi connectivity index (χ0) is 10.8. The fraction of sp³-hybridized carbons (Fsp3) is 0. The van der Waals surface area contributed by atoms with Crippen LogP contribution in [0.1, 0.15) is 0 Å². The lowest BCUT2D eigenvalue weighted by atomic mass is 10.0. The monoisotopic (exact) mass is 282 g/mol. The Morgan fingerprint density at radius 1 is 1.07 bits per heavy atom. The lowest BCUT2D eigenvalue weighted by molar-refractivity contribution is 0.477. The van der Waals surface area contributed by atoms with E-state index in [1.807, 2.05) is 24.3 Å². The molecule has 0 bridgehead atoms. The van der Waals surface area contributed by atoms with Crippen LogP contribution in [0.5, 0.6) is 5.75 Å². The average molecular weight is 284 g/mol. The normalized spacial score (nSPS) is 10.3. The molecule has 0 saturated carbocycles. The highest BCUT2D eigenvalue weighted by Crippen LogP contribution is 2.36. The molecule has 2 aromatic carbocycles. The van der Waals surface area contributed by atoms with E-state index in [1.54, 1.807) is 18.2 Å². The van der Waals surface area contributed by atoms with Crippen molar-refractivity contribution in [3.8, 4) is 16.9 Å². The lowest BCUT2D eigenvalue weighted by Gasteiger charge is -2.07. The van der Waals surface area contributed by atoms with Crippen molar-refractivity contribution in [3.05, 3.63) is 52.0 Å². The Balaban J connectivity index is 2.63. The number of aromatic hydroxyl groups is 1. The Bertz CT molecular complexity index is 476. The van der Waals surface area contributed by atoms with Crippen LogP contribution in [0.4, 0.5) is 0 Å². The minimum atomic E-state index is 0.195. The Kier molecular flexibility index (Phi) is 2.98. The maximum atomic E-state index is 9.74. The minimum Gasteiger partial charge on any atom is -0.507 e. The Hall–Kier alpha value is -0.990. The highest BCUT2D eigenvalue weighted by molar-refractivity contribution is 9.10. The number of rotatable bonds is 1. The van der Waals surface area contributed by atoms with E-state index in [0.717, 1.165) is 10.0 Å². The second kappa shape index (κ2) is 4.25. The van der Waals surface area contributed by atoms with Gasteiger partial charge in [0.1, 0.15) is 5.75 Å². The van der Waals surface area contributed by atoms with Crippen molar-refractivity contribution in [1.29, 1.82) is 0 Å². The molecule has 0 radical (unpaired) electrons. The second-order valence-electron chi connectivity index (χ2n) is 3.14. The molecule has 15 heavy (non-hydrogen) atoms. The molecule has 2 rings (SSSR count). The second-order valence-corrected chi connectivity index (χ2v) is 4.47. The van der Waals surface area contributed by atoms with E-state index in [9.17, 15) is 5.11 Å². The highest BCUT2D eigenvalue weighted by Gasteiger charge is 2.08. The molecule has 3 heteroatoms. The number of phenolic OH excluding ortho intramolecular Hbond substituents is 1. The zero-order valence-electron chi connectivity index (χ0n) is 7.74. The van der Waals surface area contributed by atoms with Gasteiger partial charge in [0.15, 0.2) is 0 Å². The Morgan fingerprint density at radius 3 is 2.47 bits per heavy atom. The van der Waals surface area contributed by atoms with Gasteiger partial charge in [0.05, 0.1) is 5.02 Å². The van der Waals surface area contributed by atoms with Crippen LogP contribution in [0.15, 0.2) is 46.9 Å². The van der Waals surface area contributed by atoms with Crippen molar-refractivity contribution in [1.82, 2.24) is 0 Å². The Labute approximate surface area is 101 Å². The summed E-state index contributed by atoms with van der Waals surface area (Å²) in [6, 6.07) is 12.8. The SMILES string of the molecule is Oc1cccc(Cl)c1-c1cccc(Br)c1. The molecule has 0 amide bonds. The highest BCUT2D eigenvalue weighted by atomic mass is 79.9. The molecular formula is C12H8BrClO. The first kappa shape index (κ1) is 10.5. The van der Waals surface area contributed by atoms with Crippen LogP contribution in [0.25, 0.3) is 11.1 Å². The molecular weight excluding hydrogens is 275 g/mol. The van der Waals surface area contributed by atoms with Gasteiger partial charge in [-0.1, -0.05) is 45.7 Å². The molecule has 0 spiro atoms. The molecule has 0 saturated heterocycles. The smallest absolute Gasteiger partial charge is 0.124 e. The summed E-state index contributed by atoms with van der Waals surface area (Å²) < 4.78 is 0.958. The van der Waals surface area contributed by atoms with E-state index < -0.39 is 0 Å². The lowest BCUT2D eigenvalue weighted by Crippen LogP contribution is -1.80. The van der Waals surface area contributed by atoms with Crippen molar-refractivity contribution >= 4 is 27.5 Å². The van der Waals surface area contributed by atoms with E-state index >= 15 is 0 Å². The van der Waals surface area contributed by atoms with Crippen molar-refractivity contribution in [2.45, 2.75) is 0 Å². The van der Waals surface area contributed by atoms with Crippen molar-refractivity contribution < 1.29 is 5.11 Å². The number of benzene rings is 2. The van der Waals surface area contributed by atoms with Crippen LogP contribution in [-0.4, -0.2) is 5.11 Å². The van der Waals surface area contributed by atoms with Crippen LogP contribution < -0.4 is 0 Å². The van der Waals surface area contributed by atoms with Gasteiger partial charge in [-0.3, -0.25) is 0 Å². The molecule has 0 atom stereocenters. The Morgan fingerprint density at radius 2 is 1.80 bits per heavy atom. The summed E-state index contributed by atoms with van der Waals surface area (Å²) in [5.41, 5.74) is 1.56. The summed E-state index contributed by atoms with van der Waals surface area (Å²) in [6.07, 6.45) is 0. The molecule has 0 unspecified atom stereocenters. The summed E-state index contributed by atoms with van der Waals surface area (Å²) in [6.45, 7) is 0. The van der Waals surface area contributed by atoms with Gasteiger partial charge in [-0.25, -0.2) is 0 Å². The van der Waals surface area contributed by atoms with Gasteiger partial charge < -0.3 is 5.11 Å². The van der Waals surface area contributed by atoms with Gasteiger partial charge in [0, 0.05) is 10.0 Å². The molecule has 0 heterocycles. The van der Waals surface area contributed by atoms with Gasteiger partial charge in [-0.15, -0.1) is 0 Å². The summed E-state index contributed by atoms with van der Waals surface area (Å²) in [5.74, 6) is 0.195. The van der Waals surface area contributed by atoms with Gasteiger partial charge >= 0.3 is 0 Å². The predicted octanol–water partition coefficient (Wildman–Crippen LogP) is 4.48. The minimum absolute atomic E-state index is 0.195. The van der Waals surface area contributed by atoms with E-state index in [2.05, 4.69) is 15.9 Å². The molecule has 1 nitrogen and oxygen atoms in total. The molecule has 0 aliphatic heterocycles. The summed E-state index contributed by atoms with van der Waals surface area (Å²) >= 11 is 9.42. The van der Waals surface area contributed by atoms with Crippen molar-refractivity contribution in [3.63, 3.8) is 0 Å². The van der Waals surface area contributed by atoms with Crippen molar-refractivity contribution in [2.75, 3.05) is 0 Å². The van der Waals surface area contributed by atoms with Crippen molar-refractivity contribution in [2.24, 2.45) is 0 Å². The molecule has 1 N–H and O–H groups in total. The van der Waals surface area contributed by atoms with E-state index in [-0.39, 0.29) is 5.75 Å². The van der Waals surface area contributed by atoms with Crippen LogP contribution in [-0.2, 0) is 0 Å². The third kappa shape index (κ3) is 2.16. The number of halogens is 2. The van der Waals surface area contributed by atoms with E-state index in [4.69, 9.17) is 11.6 Å². The topological polar surface area (TPSA) is 20.2 Å². The first-order chi connectivity index (χ1) is 7.18. The van der Waals surface area contributed by atoms with E-state index in [0.29, 0.717) is 10.6 Å². The average Bonchev–Trinajstić information content (AvgIpc) is 2.17. The van der Waals surface area contributed by atoms with Crippen LogP contribution >= 0.6 is 27.5 Å². The number of phenols is 1. The van der Waals surface area contributed by atoms with Crippen LogP contribution in [0.3, 0.4) is 0 Å². The molecule has 76 valence electrons. The summed E-state index contributed by atoms with van der Waals surface area (Å²) in [7, 11) is 0. The van der Waals surface area contributed by atoms with Gasteiger partial charge in [0.2, 0.25) is 0 Å². The van der Waals surface area contributed by atoms with Gasteiger partial charge in [-0.2, -0.15) is 0 Å². The number of hydrogen-bond acceptors (Lipinski definition) is 1. The third-order valence-corrected chi connectivity index (χ3v) is 2.91. The first-order valence-electron chi connectivity index (χ1n) is 4.42. The molecule has 0 aliphatic carbocycles. The number of hydrogen-bond donors (Lipinski definition) is 1. The molecule has 0 aliphatic rings. The first-order valence-corrected chi connectivity index (χ1v) is 5.59. The van der Waals surface area contributed by atoms with Crippen LogP contribution in [0.2, 0.25) is 5.02 Å². The fourth-order valence-corrected chi connectivity index (χ4v) is 2.12. The molecule has 2 aromatic rings. The maximum absolute atomic E-state index is 9.74. The standard InChI is InChI=1S/C12H8BrClO/c13-9-4-1-3-8(7-9)12-10(14)5-2-6-11(12)15/h1-7,15H. The van der Waals surface area contributed by atoms with Gasteiger partial charge in [0.25, 0.3) is 0 Å². The molecule has 0 aromatic heterocycles. The van der Waals surface area contributed by atoms with Crippen LogP contribution in [0, 0.1) is 0 Å². The summed E-state index contributed by atoms with van der Waals surface area (Å²) in [4.78, 5) is 0. The summed E-state index contributed by atoms with van der Waals surface area (Å²) in [5, 5.41) is 10.3. The van der Waals surface area contributed by atoms with E-state index in [1.165, 1.54) is 0 Å². The maximum Gasteiger partial charge on any atom is 0.124 e. The predicted molar refractivity (Wildman–Crippen MR) is 66.3 cm³/mol. The largest absolute Gasteiger partial charge is 0.507 e. The zero-order valence-corrected chi connectivity index (χ0v) is 10.1.